The lowest BCUT2D eigenvalue weighted by atomic mass is 10.2. The summed E-state index contributed by atoms with van der Waals surface area (Å²) < 4.78 is 7.69. The van der Waals surface area contributed by atoms with Crippen LogP contribution >= 0.6 is 0 Å². The van der Waals surface area contributed by atoms with Crippen molar-refractivity contribution in [2.24, 2.45) is 0 Å². The summed E-state index contributed by atoms with van der Waals surface area (Å²) in [6.07, 6.45) is 2.85. The van der Waals surface area contributed by atoms with Crippen molar-refractivity contribution in [2.75, 3.05) is 20.3 Å². The monoisotopic (exact) mass is 386 g/mol. The minimum atomic E-state index is -0.477. The van der Waals surface area contributed by atoms with Crippen LogP contribution in [0.1, 0.15) is 5.56 Å². The lowest BCUT2D eigenvalue weighted by Gasteiger charge is -2.07. The van der Waals surface area contributed by atoms with E-state index < -0.39 is 4.92 Å². The van der Waals surface area contributed by atoms with Gasteiger partial charge in [0.2, 0.25) is 5.91 Å². The molecule has 0 radical (unpaired) electrons. The van der Waals surface area contributed by atoms with E-state index in [1.807, 2.05) is 0 Å². The molecule has 11 nitrogen and oxygen atoms in total. The summed E-state index contributed by atoms with van der Waals surface area (Å²) in [4.78, 5) is 38.6. The number of fused-ring (bicyclic) bond motifs is 1. The molecule has 3 aromatic rings. The summed E-state index contributed by atoms with van der Waals surface area (Å²) in [6.45, 7) is 0.897. The number of aromatic nitrogens is 4. The molecule has 0 bridgehead atoms. The maximum absolute atomic E-state index is 12.7. The summed E-state index contributed by atoms with van der Waals surface area (Å²) >= 11 is 0. The van der Waals surface area contributed by atoms with Crippen LogP contribution in [-0.4, -0.2) is 50.4 Å². The Labute approximate surface area is 158 Å². The van der Waals surface area contributed by atoms with Crippen LogP contribution in [0, 0.1) is 10.1 Å². The number of carbonyl (C=O) groups is 1. The zero-order chi connectivity index (χ0) is 20.1. The predicted molar refractivity (Wildman–Crippen MR) is 98.9 cm³/mol. The number of benzene rings is 1. The Morgan fingerprint density at radius 1 is 1.32 bits per heavy atom. The van der Waals surface area contributed by atoms with Crippen LogP contribution in [0.4, 0.5) is 5.69 Å². The normalized spacial score (nSPS) is 10.9. The zero-order valence-electron chi connectivity index (χ0n) is 15.1. The molecule has 146 valence electrons. The molecule has 2 heterocycles. The predicted octanol–water partition coefficient (Wildman–Crippen LogP) is 0.312. The van der Waals surface area contributed by atoms with Gasteiger partial charge in [0, 0.05) is 25.8 Å². The maximum Gasteiger partial charge on any atom is 0.269 e. The second-order valence-electron chi connectivity index (χ2n) is 5.99. The Morgan fingerprint density at radius 2 is 2.07 bits per heavy atom. The van der Waals surface area contributed by atoms with Gasteiger partial charge in [-0.05, 0) is 5.56 Å². The molecule has 2 aromatic heterocycles. The van der Waals surface area contributed by atoms with Crippen LogP contribution in [0.2, 0.25) is 0 Å². The minimum absolute atomic E-state index is 0.0106. The molecule has 0 aliphatic carbocycles. The van der Waals surface area contributed by atoms with Crippen LogP contribution < -0.4 is 10.9 Å². The van der Waals surface area contributed by atoms with E-state index in [0.29, 0.717) is 24.1 Å². The van der Waals surface area contributed by atoms with Crippen LogP contribution in [0.15, 0.2) is 41.6 Å². The van der Waals surface area contributed by atoms with Crippen LogP contribution in [0.3, 0.4) is 0 Å². The maximum atomic E-state index is 12.7. The summed E-state index contributed by atoms with van der Waals surface area (Å²) in [5, 5.41) is 17.9. The number of nitro benzene ring substituents is 1. The molecule has 3 rings (SSSR count). The molecular formula is C17H18N6O5. The highest BCUT2D eigenvalue weighted by atomic mass is 16.6. The smallest absolute Gasteiger partial charge is 0.269 e. The number of amides is 1. The van der Waals surface area contributed by atoms with E-state index in [9.17, 15) is 19.7 Å². The van der Waals surface area contributed by atoms with Gasteiger partial charge in [-0.3, -0.25) is 24.3 Å². The van der Waals surface area contributed by atoms with E-state index in [1.54, 1.807) is 16.8 Å². The number of non-ortho nitro benzene ring substituents is 1. The Hall–Kier alpha value is -3.60. The first-order valence-electron chi connectivity index (χ1n) is 8.39. The largest absolute Gasteiger partial charge is 0.375 e. The third-order valence-electron chi connectivity index (χ3n) is 4.04. The fourth-order valence-electron chi connectivity index (χ4n) is 2.68. The molecule has 0 unspecified atom stereocenters. The Bertz CT molecular complexity index is 1060. The van der Waals surface area contributed by atoms with Crippen molar-refractivity contribution in [3.05, 3.63) is 62.8 Å². The molecule has 0 spiro atoms. The number of nitrogens with zero attached hydrogens (tertiary/aromatic N) is 5. The second-order valence-corrected chi connectivity index (χ2v) is 5.99. The number of methoxy groups -OCH3 is 1. The number of hydrogen-bond donors (Lipinski definition) is 1. The topological polar surface area (TPSA) is 134 Å². The van der Waals surface area contributed by atoms with Crippen LogP contribution in [0.25, 0.3) is 11.0 Å². The molecule has 0 saturated carbocycles. The van der Waals surface area contributed by atoms with Gasteiger partial charge >= 0.3 is 0 Å². The number of nitrogens with one attached hydrogen (secondary N) is 1. The number of hydrogen-bond acceptors (Lipinski definition) is 7. The molecule has 0 atom stereocenters. The van der Waals surface area contributed by atoms with Gasteiger partial charge in [0.15, 0.2) is 5.65 Å². The first-order chi connectivity index (χ1) is 13.5. The molecule has 1 N–H and O–H groups in total. The van der Waals surface area contributed by atoms with Crippen LogP contribution in [0.5, 0.6) is 0 Å². The summed E-state index contributed by atoms with van der Waals surface area (Å²) in [6, 6.07) is 5.98. The van der Waals surface area contributed by atoms with E-state index in [1.165, 1.54) is 36.3 Å². The van der Waals surface area contributed by atoms with E-state index >= 15 is 0 Å². The number of nitro groups is 1. The average Bonchev–Trinajstić information content (AvgIpc) is 3.08. The average molecular weight is 386 g/mol. The van der Waals surface area contributed by atoms with Gasteiger partial charge in [-0.15, -0.1) is 0 Å². The van der Waals surface area contributed by atoms with E-state index in [2.05, 4.69) is 15.4 Å². The van der Waals surface area contributed by atoms with E-state index in [4.69, 9.17) is 4.74 Å². The molecule has 1 aromatic carbocycles. The molecule has 1 amide bonds. The quantitative estimate of drug-likeness (QED) is 0.435. The molecular weight excluding hydrogens is 368 g/mol. The Morgan fingerprint density at radius 3 is 2.75 bits per heavy atom. The van der Waals surface area contributed by atoms with Crippen molar-refractivity contribution < 1.29 is 14.5 Å². The van der Waals surface area contributed by atoms with Crippen molar-refractivity contribution >= 4 is 22.6 Å². The van der Waals surface area contributed by atoms with Crippen LogP contribution in [-0.2, 0) is 22.6 Å². The van der Waals surface area contributed by atoms with Crippen molar-refractivity contribution in [3.63, 3.8) is 0 Å². The SMILES string of the molecule is COCC(=O)NCCn1ncc2c(=O)n(Cc3ccc([N+](=O)[O-])cc3)cnc21. The number of carbonyl (C=O) groups excluding carboxylic acids is 1. The van der Waals surface area contributed by atoms with Gasteiger partial charge in [0.25, 0.3) is 11.2 Å². The molecule has 28 heavy (non-hydrogen) atoms. The fourth-order valence-corrected chi connectivity index (χ4v) is 2.68. The minimum Gasteiger partial charge on any atom is -0.375 e. The molecule has 0 saturated heterocycles. The lowest BCUT2D eigenvalue weighted by molar-refractivity contribution is -0.384. The summed E-state index contributed by atoms with van der Waals surface area (Å²) in [7, 11) is 1.44. The number of rotatable bonds is 8. The lowest BCUT2D eigenvalue weighted by Crippen LogP contribution is -2.30. The Kier molecular flexibility index (Phi) is 5.75. The fraction of sp³-hybridized carbons (Fsp3) is 0.294. The third-order valence-corrected chi connectivity index (χ3v) is 4.04. The Balaban J connectivity index is 1.74. The first kappa shape index (κ1) is 19.2. The molecule has 11 heteroatoms. The highest BCUT2D eigenvalue weighted by Crippen LogP contribution is 2.13. The van der Waals surface area contributed by atoms with Crippen molar-refractivity contribution in [3.8, 4) is 0 Å². The summed E-state index contributed by atoms with van der Waals surface area (Å²) in [5.74, 6) is -0.239. The van der Waals surface area contributed by atoms with Gasteiger partial charge in [-0.25, -0.2) is 9.67 Å². The summed E-state index contributed by atoms with van der Waals surface area (Å²) in [5.41, 5.74) is 0.884. The zero-order valence-corrected chi connectivity index (χ0v) is 15.1. The first-order valence-corrected chi connectivity index (χ1v) is 8.39. The highest BCUT2D eigenvalue weighted by molar-refractivity contribution is 5.77. The highest BCUT2D eigenvalue weighted by Gasteiger charge is 2.11. The molecule has 0 aliphatic rings. The number of ether oxygens (including phenoxy) is 1. The van der Waals surface area contributed by atoms with Crippen molar-refractivity contribution in [1.82, 2.24) is 24.6 Å². The molecule has 0 aliphatic heterocycles. The van der Waals surface area contributed by atoms with Crippen molar-refractivity contribution in [1.29, 1.82) is 0 Å². The van der Waals surface area contributed by atoms with Crippen molar-refractivity contribution in [2.45, 2.75) is 13.1 Å². The van der Waals surface area contributed by atoms with Gasteiger partial charge in [0.1, 0.15) is 18.3 Å². The van der Waals surface area contributed by atoms with Gasteiger partial charge in [-0.1, -0.05) is 12.1 Å². The van der Waals surface area contributed by atoms with Gasteiger partial charge in [-0.2, -0.15) is 5.10 Å². The van der Waals surface area contributed by atoms with E-state index in [-0.39, 0.29) is 30.3 Å². The second kappa shape index (κ2) is 8.39. The third kappa shape index (κ3) is 4.20. The molecule has 0 fully saturated rings. The van der Waals surface area contributed by atoms with E-state index in [0.717, 1.165) is 5.56 Å². The standard InChI is InChI=1S/C17H18N6O5/c1-28-10-15(24)18-6-7-22-16-14(8-20-22)17(25)21(11-19-16)9-12-2-4-13(5-3-12)23(26)27/h2-5,8,11H,6-7,9-10H2,1H3,(H,18,24). The van der Waals surface area contributed by atoms with Gasteiger partial charge in [0.05, 0.1) is 24.2 Å². The van der Waals surface area contributed by atoms with Gasteiger partial charge < -0.3 is 10.1 Å².